The number of aliphatic hydroxyl groups is 2. The molecule has 5 aliphatic rings. The van der Waals surface area contributed by atoms with Crippen LogP contribution in [0.15, 0.2) is 0 Å². The summed E-state index contributed by atoms with van der Waals surface area (Å²) in [5, 5.41) is 15.8. The molecule has 0 amide bonds. The minimum absolute atomic E-state index is 0. The smallest absolute Gasteiger partial charge is 0.0452 e. The van der Waals surface area contributed by atoms with Gasteiger partial charge in [0.05, 0.1) is 0 Å². The van der Waals surface area contributed by atoms with Crippen molar-refractivity contribution in [2.24, 2.45) is 52.3 Å². The lowest BCUT2D eigenvalue weighted by Gasteiger charge is -2.66. The van der Waals surface area contributed by atoms with Crippen LogP contribution in [0.1, 0.15) is 126 Å². The first-order chi connectivity index (χ1) is 15.0. The molecule has 5 aliphatic carbocycles. The summed E-state index contributed by atoms with van der Waals surface area (Å²) in [6, 6.07) is 0. The maximum Gasteiger partial charge on any atom is 0.0452 e. The van der Waals surface area contributed by atoms with Crippen LogP contribution in [0.5, 0.6) is 0 Å². The molecule has 0 aromatic rings. The van der Waals surface area contributed by atoms with Crippen LogP contribution in [0.4, 0.5) is 0 Å². The average Bonchev–Trinajstić information content (AvgIpc) is 3.25. The van der Waals surface area contributed by atoms with Crippen LogP contribution in [0.2, 0.25) is 0 Å². The molecular weight excluding hydrogens is 392 g/mol. The molecule has 0 spiro atoms. The van der Waals surface area contributed by atoms with Crippen molar-refractivity contribution in [1.29, 1.82) is 0 Å². The lowest BCUT2D eigenvalue weighted by atomic mass is 9.38. The second kappa shape index (κ2) is 12.1. The van der Waals surface area contributed by atoms with Gasteiger partial charge < -0.3 is 10.2 Å². The van der Waals surface area contributed by atoms with E-state index >= 15 is 0 Å². The van der Waals surface area contributed by atoms with E-state index in [1.807, 2.05) is 13.8 Å². The van der Waals surface area contributed by atoms with E-state index < -0.39 is 0 Å². The predicted molar refractivity (Wildman–Crippen MR) is 139 cm³/mol. The van der Waals surface area contributed by atoms with E-state index in [-0.39, 0.29) is 20.6 Å². The molecule has 2 heteroatoms. The zero-order chi connectivity index (χ0) is 22.6. The Morgan fingerprint density at radius 3 is 2.03 bits per heavy atom. The molecule has 32 heavy (non-hydrogen) atoms. The van der Waals surface area contributed by atoms with Crippen LogP contribution >= 0.6 is 0 Å². The number of hydrogen-bond acceptors (Lipinski definition) is 2. The summed E-state index contributed by atoms with van der Waals surface area (Å²) >= 11 is 0. The highest BCUT2D eigenvalue weighted by Crippen LogP contribution is 2.70. The fourth-order valence-electron chi connectivity index (χ4n) is 9.94. The Bertz CT molecular complexity index is 545. The van der Waals surface area contributed by atoms with Gasteiger partial charge in [-0.15, -0.1) is 0 Å². The third kappa shape index (κ3) is 4.98. The Balaban J connectivity index is 0.000000405. The van der Waals surface area contributed by atoms with Gasteiger partial charge in [-0.25, -0.2) is 0 Å². The molecule has 0 bridgehead atoms. The Morgan fingerprint density at radius 2 is 1.38 bits per heavy atom. The summed E-state index contributed by atoms with van der Waals surface area (Å²) in [7, 11) is 0. The van der Waals surface area contributed by atoms with E-state index in [0.29, 0.717) is 17.3 Å². The van der Waals surface area contributed by atoms with E-state index in [9.17, 15) is 0 Å². The topological polar surface area (TPSA) is 40.5 Å². The molecule has 9 unspecified atom stereocenters. The van der Waals surface area contributed by atoms with Gasteiger partial charge in [0.15, 0.2) is 0 Å². The number of hydrogen-bond donors (Lipinski definition) is 2. The fraction of sp³-hybridized carbons (Fsp3) is 1.00. The molecule has 0 aliphatic heterocycles. The SMILES string of the molecule is C.CC.CC1CCCC2(C)C1CCC1(C)C3CCC4CCCC4C3CCC21.OCCCO. The summed E-state index contributed by atoms with van der Waals surface area (Å²) in [5.41, 5.74) is 1.38. The summed E-state index contributed by atoms with van der Waals surface area (Å²) in [4.78, 5) is 0. The van der Waals surface area contributed by atoms with Gasteiger partial charge in [-0.05, 0) is 110 Å². The Kier molecular flexibility index (Phi) is 10.6. The number of fused-ring (bicyclic) bond motifs is 7. The molecule has 9 atom stereocenters. The van der Waals surface area contributed by atoms with E-state index in [4.69, 9.17) is 10.2 Å². The third-order valence-electron chi connectivity index (χ3n) is 11.1. The molecule has 0 radical (unpaired) electrons. The molecular formula is C30H58O2. The van der Waals surface area contributed by atoms with Gasteiger partial charge in [0.1, 0.15) is 0 Å². The van der Waals surface area contributed by atoms with Crippen molar-refractivity contribution in [3.8, 4) is 0 Å². The molecule has 0 heterocycles. The largest absolute Gasteiger partial charge is 0.396 e. The Labute approximate surface area is 201 Å². The van der Waals surface area contributed by atoms with Crippen molar-refractivity contribution < 1.29 is 10.2 Å². The van der Waals surface area contributed by atoms with Crippen LogP contribution in [0, 0.1) is 52.3 Å². The predicted octanol–water partition coefficient (Wildman–Crippen LogP) is 8.10. The quantitative estimate of drug-likeness (QED) is 0.446. The van der Waals surface area contributed by atoms with Gasteiger partial charge in [0.25, 0.3) is 0 Å². The Morgan fingerprint density at radius 1 is 0.688 bits per heavy atom. The molecule has 2 nitrogen and oxygen atoms in total. The van der Waals surface area contributed by atoms with Crippen molar-refractivity contribution in [2.45, 2.75) is 126 Å². The first-order valence-corrected chi connectivity index (χ1v) is 14.2. The van der Waals surface area contributed by atoms with Gasteiger partial charge in [-0.1, -0.05) is 67.7 Å². The first kappa shape index (κ1) is 28.2. The van der Waals surface area contributed by atoms with Crippen molar-refractivity contribution in [3.05, 3.63) is 0 Å². The standard InChI is InChI=1S/C24H40.C3H8O2.C2H6.CH4/c1-16-6-5-14-23(2)20(16)13-15-24(3)21-11-9-17-7-4-8-18(17)19(21)10-12-22(23)24;4-2-1-3-5;1-2;/h16-22H,4-15H2,1-3H3;4-5H,1-3H2;1-2H3;1H4. The molecule has 5 rings (SSSR count). The highest BCUT2D eigenvalue weighted by Gasteiger charge is 2.61. The van der Waals surface area contributed by atoms with Crippen molar-refractivity contribution >= 4 is 0 Å². The van der Waals surface area contributed by atoms with Crippen LogP contribution in [-0.2, 0) is 0 Å². The van der Waals surface area contributed by atoms with Crippen LogP contribution in [-0.4, -0.2) is 23.4 Å². The summed E-state index contributed by atoms with van der Waals surface area (Å²) in [6.45, 7) is 12.3. The monoisotopic (exact) mass is 450 g/mol. The van der Waals surface area contributed by atoms with E-state index in [2.05, 4.69) is 20.8 Å². The van der Waals surface area contributed by atoms with Crippen molar-refractivity contribution in [1.82, 2.24) is 0 Å². The Hall–Kier alpha value is -0.0800. The number of aliphatic hydroxyl groups excluding tert-OH is 2. The van der Waals surface area contributed by atoms with Crippen LogP contribution in [0.25, 0.3) is 0 Å². The fourth-order valence-corrected chi connectivity index (χ4v) is 9.94. The van der Waals surface area contributed by atoms with Gasteiger partial charge in [0, 0.05) is 13.2 Å². The normalized spacial score (nSPS) is 46.4. The van der Waals surface area contributed by atoms with E-state index in [1.54, 1.807) is 64.2 Å². The third-order valence-corrected chi connectivity index (χ3v) is 11.1. The second-order valence-corrected chi connectivity index (χ2v) is 12.2. The van der Waals surface area contributed by atoms with Gasteiger partial charge in [-0.3, -0.25) is 0 Å². The van der Waals surface area contributed by atoms with E-state index in [1.165, 1.54) is 12.8 Å². The van der Waals surface area contributed by atoms with Gasteiger partial charge in [-0.2, -0.15) is 0 Å². The molecule has 0 aromatic heterocycles. The highest BCUT2D eigenvalue weighted by atomic mass is 16.3. The van der Waals surface area contributed by atoms with Gasteiger partial charge in [0.2, 0.25) is 0 Å². The minimum Gasteiger partial charge on any atom is -0.396 e. The summed E-state index contributed by atoms with van der Waals surface area (Å²) in [5.74, 6) is 7.57. The summed E-state index contributed by atoms with van der Waals surface area (Å²) < 4.78 is 0. The lowest BCUT2D eigenvalue weighted by molar-refractivity contribution is -0.174. The molecule has 5 fully saturated rings. The van der Waals surface area contributed by atoms with E-state index in [0.717, 1.165) is 41.4 Å². The van der Waals surface area contributed by atoms with Crippen LogP contribution in [0.3, 0.4) is 0 Å². The van der Waals surface area contributed by atoms with Crippen molar-refractivity contribution in [3.63, 3.8) is 0 Å². The second-order valence-electron chi connectivity index (χ2n) is 12.2. The number of rotatable bonds is 2. The average molecular weight is 451 g/mol. The van der Waals surface area contributed by atoms with Gasteiger partial charge >= 0.3 is 0 Å². The molecule has 0 saturated heterocycles. The highest BCUT2D eigenvalue weighted by molar-refractivity contribution is 5.11. The zero-order valence-corrected chi connectivity index (χ0v) is 21.5. The maximum absolute atomic E-state index is 7.91. The minimum atomic E-state index is 0. The maximum atomic E-state index is 7.91. The summed E-state index contributed by atoms with van der Waals surface area (Å²) in [6.07, 6.45) is 19.3. The first-order valence-electron chi connectivity index (χ1n) is 14.2. The molecule has 190 valence electrons. The molecule has 5 saturated carbocycles. The molecule has 0 aromatic carbocycles. The zero-order valence-electron chi connectivity index (χ0n) is 21.5. The molecule has 2 N–H and O–H groups in total. The van der Waals surface area contributed by atoms with Crippen LogP contribution < -0.4 is 0 Å². The lowest BCUT2D eigenvalue weighted by Crippen LogP contribution is -2.59. The van der Waals surface area contributed by atoms with Crippen molar-refractivity contribution in [2.75, 3.05) is 13.2 Å².